The lowest BCUT2D eigenvalue weighted by Crippen LogP contribution is -1.93. The lowest BCUT2D eigenvalue weighted by Gasteiger charge is -1.79. The smallest absolute Gasteiger partial charge is 0.143 e. The van der Waals surface area contributed by atoms with Crippen LogP contribution in [0.15, 0.2) is 0 Å². The lowest BCUT2D eigenvalue weighted by atomic mass is 10.6. The molecule has 1 aromatic heterocycles. The van der Waals surface area contributed by atoms with Gasteiger partial charge in [-0.1, -0.05) is 11.6 Å². The second kappa shape index (κ2) is 2.64. The first-order valence-corrected chi connectivity index (χ1v) is 3.75. The molecule has 0 aromatic carbocycles. The molecule has 1 rings (SSSR count). The summed E-state index contributed by atoms with van der Waals surface area (Å²) in [5, 5.41) is 1.48. The van der Waals surface area contributed by atoms with Crippen molar-refractivity contribution in [3.63, 3.8) is 0 Å². The molecule has 2 N–H and O–H groups in total. The first-order chi connectivity index (χ1) is 4.24. The van der Waals surface area contributed by atoms with Crippen LogP contribution >= 0.6 is 22.9 Å². The normalized spacial score (nSPS) is 10.1. The van der Waals surface area contributed by atoms with E-state index in [4.69, 9.17) is 17.3 Å². The van der Waals surface area contributed by atoms with Crippen LogP contribution in [0, 0.1) is 6.92 Å². The molecule has 0 bridgehead atoms. The molecule has 9 heavy (non-hydrogen) atoms. The average molecular weight is 163 g/mol. The van der Waals surface area contributed by atoms with Crippen LogP contribution in [0.25, 0.3) is 0 Å². The van der Waals surface area contributed by atoms with Crippen LogP contribution in [0.4, 0.5) is 0 Å². The molecule has 0 aliphatic carbocycles. The molecule has 0 spiro atoms. The molecule has 2 nitrogen and oxygen atoms in total. The summed E-state index contributed by atoms with van der Waals surface area (Å²) in [6.45, 7) is 2.41. The minimum atomic E-state index is 0.484. The van der Waals surface area contributed by atoms with Gasteiger partial charge in [-0.05, 0) is 6.92 Å². The predicted octanol–water partition coefficient (Wildman–Crippen LogP) is 1.56. The van der Waals surface area contributed by atoms with Crippen LogP contribution in [0.5, 0.6) is 0 Å². The quantitative estimate of drug-likeness (QED) is 0.681. The Morgan fingerprint density at radius 3 is 2.67 bits per heavy atom. The Morgan fingerprint density at radius 2 is 2.44 bits per heavy atom. The van der Waals surface area contributed by atoms with Crippen molar-refractivity contribution >= 4 is 22.9 Å². The van der Waals surface area contributed by atoms with Crippen molar-refractivity contribution in [2.24, 2.45) is 5.73 Å². The Kier molecular flexibility index (Phi) is 2.05. The van der Waals surface area contributed by atoms with Crippen LogP contribution in [0.3, 0.4) is 0 Å². The molecule has 0 saturated carbocycles. The number of nitrogens with two attached hydrogens (primary N) is 1. The van der Waals surface area contributed by atoms with Crippen LogP contribution in [0.1, 0.15) is 9.88 Å². The van der Waals surface area contributed by atoms with Gasteiger partial charge in [0.15, 0.2) is 0 Å². The monoisotopic (exact) mass is 162 g/mol. The van der Waals surface area contributed by atoms with Crippen LogP contribution < -0.4 is 5.73 Å². The number of aryl methyl sites for hydroxylation is 1. The number of thiazole rings is 1. The largest absolute Gasteiger partial charge is 0.325 e. The highest BCUT2D eigenvalue weighted by molar-refractivity contribution is 7.12. The van der Waals surface area contributed by atoms with Gasteiger partial charge >= 0.3 is 0 Å². The van der Waals surface area contributed by atoms with E-state index in [0.29, 0.717) is 11.7 Å². The fourth-order valence-electron chi connectivity index (χ4n) is 0.517. The maximum Gasteiger partial charge on any atom is 0.143 e. The topological polar surface area (TPSA) is 38.9 Å². The van der Waals surface area contributed by atoms with E-state index in [0.717, 1.165) is 9.88 Å². The molecule has 0 aliphatic heterocycles. The van der Waals surface area contributed by atoms with Gasteiger partial charge in [0, 0.05) is 11.4 Å². The zero-order valence-electron chi connectivity index (χ0n) is 5.02. The maximum absolute atomic E-state index is 5.65. The van der Waals surface area contributed by atoms with Gasteiger partial charge in [-0.25, -0.2) is 4.98 Å². The first-order valence-electron chi connectivity index (χ1n) is 2.56. The Balaban J connectivity index is 2.98. The third kappa shape index (κ3) is 1.41. The molecule has 1 heterocycles. The van der Waals surface area contributed by atoms with Gasteiger partial charge in [0.2, 0.25) is 0 Å². The summed E-state index contributed by atoms with van der Waals surface area (Å²) < 4.78 is 0. The minimum Gasteiger partial charge on any atom is -0.325 e. The molecule has 0 radical (unpaired) electrons. The third-order valence-electron chi connectivity index (χ3n) is 0.959. The van der Waals surface area contributed by atoms with E-state index >= 15 is 0 Å². The highest BCUT2D eigenvalue weighted by atomic mass is 35.5. The summed E-state index contributed by atoms with van der Waals surface area (Å²) in [5.41, 5.74) is 5.32. The Hall–Kier alpha value is -0.120. The highest BCUT2D eigenvalue weighted by Gasteiger charge is 2.01. The van der Waals surface area contributed by atoms with Gasteiger partial charge in [-0.3, -0.25) is 0 Å². The van der Waals surface area contributed by atoms with Gasteiger partial charge in [-0.15, -0.1) is 11.3 Å². The Labute approximate surface area is 62.7 Å². The Bertz CT molecular complexity index is 189. The third-order valence-corrected chi connectivity index (χ3v) is 2.43. The number of halogens is 1. The Morgan fingerprint density at radius 1 is 1.78 bits per heavy atom. The van der Waals surface area contributed by atoms with Crippen LogP contribution in [-0.4, -0.2) is 4.98 Å². The average Bonchev–Trinajstić information content (AvgIpc) is 2.13. The molecular formula is C5H7ClN2S. The summed E-state index contributed by atoms with van der Waals surface area (Å²) in [4.78, 5) is 5.03. The molecule has 4 heteroatoms. The van der Waals surface area contributed by atoms with E-state index in [-0.39, 0.29) is 0 Å². The van der Waals surface area contributed by atoms with Crippen molar-refractivity contribution in [2.45, 2.75) is 13.5 Å². The summed E-state index contributed by atoms with van der Waals surface area (Å²) in [6.07, 6.45) is 0. The van der Waals surface area contributed by atoms with Crippen LogP contribution in [0.2, 0.25) is 5.15 Å². The molecule has 0 aliphatic rings. The molecular weight excluding hydrogens is 156 g/mol. The maximum atomic E-state index is 5.65. The second-order valence-corrected chi connectivity index (χ2v) is 3.30. The van der Waals surface area contributed by atoms with E-state index in [9.17, 15) is 0 Å². The predicted molar refractivity (Wildman–Crippen MR) is 39.8 cm³/mol. The zero-order valence-corrected chi connectivity index (χ0v) is 6.59. The van der Waals surface area contributed by atoms with E-state index in [2.05, 4.69) is 4.98 Å². The van der Waals surface area contributed by atoms with Crippen LogP contribution in [-0.2, 0) is 6.54 Å². The summed E-state index contributed by atoms with van der Waals surface area (Å²) in [7, 11) is 0. The molecule has 0 amide bonds. The van der Waals surface area contributed by atoms with Crippen molar-refractivity contribution in [2.75, 3.05) is 0 Å². The minimum absolute atomic E-state index is 0.484. The van der Waals surface area contributed by atoms with Crippen molar-refractivity contribution in [3.05, 3.63) is 15.0 Å². The molecule has 0 saturated heterocycles. The SMILES string of the molecule is Cc1sc(CN)nc1Cl. The lowest BCUT2D eigenvalue weighted by molar-refractivity contribution is 1.04. The van der Waals surface area contributed by atoms with Gasteiger partial charge < -0.3 is 5.73 Å². The van der Waals surface area contributed by atoms with Crippen molar-refractivity contribution in [1.82, 2.24) is 4.98 Å². The van der Waals surface area contributed by atoms with E-state index in [1.54, 1.807) is 11.3 Å². The summed E-state index contributed by atoms with van der Waals surface area (Å²) >= 11 is 7.20. The van der Waals surface area contributed by atoms with E-state index in [1.165, 1.54) is 0 Å². The second-order valence-electron chi connectivity index (χ2n) is 1.66. The summed E-state index contributed by atoms with van der Waals surface area (Å²) in [5.74, 6) is 0. The number of hydrogen-bond acceptors (Lipinski definition) is 3. The van der Waals surface area contributed by atoms with Gasteiger partial charge in [0.25, 0.3) is 0 Å². The highest BCUT2D eigenvalue weighted by Crippen LogP contribution is 2.20. The van der Waals surface area contributed by atoms with Gasteiger partial charge in [-0.2, -0.15) is 0 Å². The number of aromatic nitrogens is 1. The fourth-order valence-corrected chi connectivity index (χ4v) is 1.49. The first kappa shape index (κ1) is 6.99. The van der Waals surface area contributed by atoms with Gasteiger partial charge in [0.05, 0.1) is 0 Å². The van der Waals surface area contributed by atoms with Crippen molar-refractivity contribution in [1.29, 1.82) is 0 Å². The number of hydrogen-bond donors (Lipinski definition) is 1. The summed E-state index contributed by atoms with van der Waals surface area (Å²) in [6, 6.07) is 0. The molecule has 50 valence electrons. The standard InChI is InChI=1S/C5H7ClN2S/c1-3-5(6)8-4(2-7)9-3/h2,7H2,1H3. The van der Waals surface area contributed by atoms with E-state index in [1.807, 2.05) is 6.92 Å². The fraction of sp³-hybridized carbons (Fsp3) is 0.400. The molecule has 1 aromatic rings. The van der Waals surface area contributed by atoms with E-state index < -0.39 is 0 Å². The van der Waals surface area contributed by atoms with Crippen molar-refractivity contribution < 1.29 is 0 Å². The zero-order chi connectivity index (χ0) is 6.85. The number of nitrogens with zero attached hydrogens (tertiary/aromatic N) is 1. The molecule has 0 fully saturated rings. The molecule has 0 atom stereocenters. The molecule has 0 unspecified atom stereocenters. The van der Waals surface area contributed by atoms with Crippen molar-refractivity contribution in [3.8, 4) is 0 Å². The number of rotatable bonds is 1. The van der Waals surface area contributed by atoms with Gasteiger partial charge in [0.1, 0.15) is 10.2 Å².